The van der Waals surface area contributed by atoms with Gasteiger partial charge in [-0.25, -0.2) is 0 Å². The van der Waals surface area contributed by atoms with Gasteiger partial charge in [0.05, 0.1) is 6.10 Å². The molecule has 0 saturated carbocycles. The van der Waals surface area contributed by atoms with Crippen molar-refractivity contribution < 1.29 is 9.47 Å². The van der Waals surface area contributed by atoms with Gasteiger partial charge in [0.15, 0.2) is 5.96 Å². The second-order valence-electron chi connectivity index (χ2n) is 8.65. The highest BCUT2D eigenvalue weighted by Crippen LogP contribution is 2.22. The Labute approximate surface area is 205 Å². The van der Waals surface area contributed by atoms with E-state index in [1.165, 1.54) is 44.5 Å². The molecular formula is C24H41IN4O2. The van der Waals surface area contributed by atoms with Crippen LogP contribution in [0.1, 0.15) is 50.2 Å². The monoisotopic (exact) mass is 544 g/mol. The molecule has 2 saturated heterocycles. The fourth-order valence-corrected chi connectivity index (χ4v) is 4.27. The van der Waals surface area contributed by atoms with Crippen molar-refractivity contribution in [2.75, 3.05) is 46.4 Å². The zero-order chi connectivity index (χ0) is 21.2. The summed E-state index contributed by atoms with van der Waals surface area (Å²) in [7, 11) is 1.84. The lowest BCUT2D eigenvalue weighted by atomic mass is 9.97. The summed E-state index contributed by atoms with van der Waals surface area (Å²) >= 11 is 0. The predicted molar refractivity (Wildman–Crippen MR) is 139 cm³/mol. The Morgan fingerprint density at radius 2 is 2.03 bits per heavy atom. The number of guanidine groups is 1. The van der Waals surface area contributed by atoms with Crippen molar-refractivity contribution in [3.8, 4) is 5.75 Å². The van der Waals surface area contributed by atoms with Gasteiger partial charge >= 0.3 is 0 Å². The molecule has 6 nitrogen and oxygen atoms in total. The second-order valence-corrected chi connectivity index (χ2v) is 8.65. The van der Waals surface area contributed by atoms with Crippen LogP contribution in [0.5, 0.6) is 5.75 Å². The minimum absolute atomic E-state index is 0. The number of rotatable bonds is 9. The molecule has 0 aromatic heterocycles. The Balaban J connectivity index is 0.00000341. The number of piperidine rings is 1. The Morgan fingerprint density at radius 1 is 1.23 bits per heavy atom. The normalized spacial score (nSPS) is 20.4. The third-order valence-corrected chi connectivity index (χ3v) is 6.15. The van der Waals surface area contributed by atoms with E-state index in [4.69, 9.17) is 9.47 Å². The molecule has 3 rings (SSSR count). The predicted octanol–water partition coefficient (Wildman–Crippen LogP) is 3.96. The fraction of sp³-hybridized carbons (Fsp3) is 0.708. The van der Waals surface area contributed by atoms with Crippen molar-refractivity contribution in [3.63, 3.8) is 0 Å². The van der Waals surface area contributed by atoms with Gasteiger partial charge in [-0.2, -0.15) is 0 Å². The summed E-state index contributed by atoms with van der Waals surface area (Å²) in [5, 5.41) is 6.98. The molecule has 1 aromatic rings. The average molecular weight is 545 g/mol. The van der Waals surface area contributed by atoms with Gasteiger partial charge < -0.3 is 25.0 Å². The highest BCUT2D eigenvalue weighted by Gasteiger charge is 2.19. The van der Waals surface area contributed by atoms with Gasteiger partial charge in [-0.1, -0.05) is 19.1 Å². The zero-order valence-corrected chi connectivity index (χ0v) is 21.8. The first-order valence-electron chi connectivity index (χ1n) is 11.7. The molecule has 176 valence electrons. The molecule has 1 atom stereocenters. The zero-order valence-electron chi connectivity index (χ0n) is 19.5. The van der Waals surface area contributed by atoms with E-state index in [1.807, 2.05) is 7.05 Å². The number of hydrogen-bond acceptors (Lipinski definition) is 4. The molecule has 2 aliphatic rings. The van der Waals surface area contributed by atoms with Crippen LogP contribution in [-0.2, 0) is 11.3 Å². The van der Waals surface area contributed by atoms with Crippen LogP contribution in [0.3, 0.4) is 0 Å². The summed E-state index contributed by atoms with van der Waals surface area (Å²) in [6.07, 6.45) is 6.23. The lowest BCUT2D eigenvalue weighted by Crippen LogP contribution is -2.42. The Hall–Kier alpha value is -1.06. The summed E-state index contributed by atoms with van der Waals surface area (Å²) in [5.41, 5.74) is 2.35. The molecule has 0 radical (unpaired) electrons. The van der Waals surface area contributed by atoms with Gasteiger partial charge in [-0.15, -0.1) is 24.0 Å². The van der Waals surface area contributed by atoms with E-state index in [-0.39, 0.29) is 30.1 Å². The van der Waals surface area contributed by atoms with Crippen LogP contribution in [0, 0.1) is 12.8 Å². The molecule has 2 heterocycles. The maximum absolute atomic E-state index is 6.12. The summed E-state index contributed by atoms with van der Waals surface area (Å²) in [6, 6.07) is 6.40. The highest BCUT2D eigenvalue weighted by molar-refractivity contribution is 14.0. The van der Waals surface area contributed by atoms with E-state index in [1.54, 1.807) is 0 Å². The maximum atomic E-state index is 6.12. The Bertz CT molecular complexity index is 672. The van der Waals surface area contributed by atoms with Crippen LogP contribution < -0.4 is 15.4 Å². The van der Waals surface area contributed by atoms with Crippen molar-refractivity contribution >= 4 is 29.9 Å². The van der Waals surface area contributed by atoms with Crippen LogP contribution in [-0.4, -0.2) is 63.4 Å². The highest BCUT2D eigenvalue weighted by atomic mass is 127. The molecule has 0 bridgehead atoms. The van der Waals surface area contributed by atoms with E-state index in [0.717, 1.165) is 49.2 Å². The smallest absolute Gasteiger partial charge is 0.191 e. The van der Waals surface area contributed by atoms with Crippen molar-refractivity contribution in [1.82, 2.24) is 15.5 Å². The quantitative estimate of drug-likeness (QED) is 0.280. The number of benzene rings is 1. The topological polar surface area (TPSA) is 58.1 Å². The number of aryl methyl sites for hydroxylation is 1. The minimum atomic E-state index is 0. The number of likely N-dealkylation sites (tertiary alicyclic amines) is 1. The van der Waals surface area contributed by atoms with Crippen LogP contribution in [0.2, 0.25) is 0 Å². The van der Waals surface area contributed by atoms with Gasteiger partial charge in [0, 0.05) is 32.3 Å². The van der Waals surface area contributed by atoms with E-state index in [2.05, 4.69) is 52.6 Å². The number of nitrogens with one attached hydrogen (secondary N) is 2. The van der Waals surface area contributed by atoms with Gasteiger partial charge in [0.1, 0.15) is 12.4 Å². The molecule has 2 fully saturated rings. The number of hydrogen-bond donors (Lipinski definition) is 2. The Morgan fingerprint density at radius 3 is 2.71 bits per heavy atom. The number of ether oxygens (including phenoxy) is 2. The summed E-state index contributed by atoms with van der Waals surface area (Å²) < 4.78 is 11.8. The SMILES string of the molecule is CCCN1CCC(CNC(=NC)NCc2ccc(C)cc2OCC2CCCO2)CC1.I. The lowest BCUT2D eigenvalue weighted by Gasteiger charge is -2.32. The molecule has 7 heteroatoms. The second kappa shape index (κ2) is 14.2. The first-order chi connectivity index (χ1) is 14.7. The van der Waals surface area contributed by atoms with Crippen LogP contribution in [0.4, 0.5) is 0 Å². The van der Waals surface area contributed by atoms with Crippen molar-refractivity contribution in [1.29, 1.82) is 0 Å². The molecule has 2 aliphatic heterocycles. The van der Waals surface area contributed by atoms with E-state index in [0.29, 0.717) is 13.2 Å². The van der Waals surface area contributed by atoms with E-state index >= 15 is 0 Å². The third kappa shape index (κ3) is 8.77. The first kappa shape index (κ1) is 26.2. The van der Waals surface area contributed by atoms with Gasteiger partial charge in [0.25, 0.3) is 0 Å². The molecule has 2 N–H and O–H groups in total. The van der Waals surface area contributed by atoms with Crippen LogP contribution in [0.15, 0.2) is 23.2 Å². The fourth-order valence-electron chi connectivity index (χ4n) is 4.27. The molecule has 1 unspecified atom stereocenters. The number of nitrogens with zero attached hydrogens (tertiary/aromatic N) is 2. The van der Waals surface area contributed by atoms with E-state index < -0.39 is 0 Å². The maximum Gasteiger partial charge on any atom is 0.191 e. The largest absolute Gasteiger partial charge is 0.491 e. The van der Waals surface area contributed by atoms with Crippen molar-refractivity contribution in [2.24, 2.45) is 10.9 Å². The van der Waals surface area contributed by atoms with Crippen LogP contribution in [0.25, 0.3) is 0 Å². The van der Waals surface area contributed by atoms with E-state index in [9.17, 15) is 0 Å². The standard InChI is InChI=1S/C24H40N4O2.HI/c1-4-11-28-12-9-20(10-13-28)16-26-24(25-3)27-17-21-8-7-19(2)15-23(21)30-18-22-6-5-14-29-22;/h7-8,15,20,22H,4-6,9-14,16-18H2,1-3H3,(H2,25,26,27);1H. The summed E-state index contributed by atoms with van der Waals surface area (Å²) in [4.78, 5) is 6.99. The molecule has 0 spiro atoms. The minimum Gasteiger partial charge on any atom is -0.491 e. The van der Waals surface area contributed by atoms with Gasteiger partial charge in [-0.05, 0) is 76.2 Å². The number of halogens is 1. The summed E-state index contributed by atoms with van der Waals surface area (Å²) in [6.45, 7) is 11.2. The van der Waals surface area contributed by atoms with Crippen LogP contribution >= 0.6 is 24.0 Å². The van der Waals surface area contributed by atoms with Crippen molar-refractivity contribution in [3.05, 3.63) is 29.3 Å². The first-order valence-corrected chi connectivity index (χ1v) is 11.7. The molecule has 1 aromatic carbocycles. The summed E-state index contributed by atoms with van der Waals surface area (Å²) in [5.74, 6) is 2.52. The third-order valence-electron chi connectivity index (χ3n) is 6.15. The van der Waals surface area contributed by atoms with Crippen molar-refractivity contribution in [2.45, 2.75) is 58.6 Å². The molecule has 0 amide bonds. The van der Waals surface area contributed by atoms with Gasteiger partial charge in [-0.3, -0.25) is 4.99 Å². The number of aliphatic imine (C=N–C) groups is 1. The molecular weight excluding hydrogens is 503 g/mol. The molecule has 31 heavy (non-hydrogen) atoms. The molecule has 0 aliphatic carbocycles. The van der Waals surface area contributed by atoms with Gasteiger partial charge in [0.2, 0.25) is 0 Å². The lowest BCUT2D eigenvalue weighted by molar-refractivity contribution is 0.0676. The average Bonchev–Trinajstić information content (AvgIpc) is 3.28. The Kier molecular flexibility index (Phi) is 12.0.